The summed E-state index contributed by atoms with van der Waals surface area (Å²) >= 11 is 0. The maximum Gasteiger partial charge on any atom is 0.352 e. The number of carboxylic acid groups (broad SMARTS) is 1. The molecule has 0 atom stereocenters. The third kappa shape index (κ3) is 2.18. The zero-order valence-electron chi connectivity index (χ0n) is 11.9. The molecule has 0 amide bonds. The van der Waals surface area contributed by atoms with Crippen molar-refractivity contribution >= 4 is 16.9 Å². The van der Waals surface area contributed by atoms with Crippen molar-refractivity contribution in [2.24, 2.45) is 0 Å². The molecule has 0 bridgehead atoms. The number of hydrogen-bond acceptors (Lipinski definition) is 2. The molecule has 106 valence electrons. The van der Waals surface area contributed by atoms with Gasteiger partial charge in [-0.2, -0.15) is 0 Å². The molecule has 4 heteroatoms. The van der Waals surface area contributed by atoms with Crippen LogP contribution in [0.5, 0.6) is 0 Å². The van der Waals surface area contributed by atoms with Gasteiger partial charge in [0.05, 0.1) is 5.52 Å². The molecular weight excluding hydrogens is 264 g/mol. The van der Waals surface area contributed by atoms with Crippen LogP contribution in [0, 0.1) is 0 Å². The van der Waals surface area contributed by atoms with E-state index in [0.717, 1.165) is 22.2 Å². The Morgan fingerprint density at radius 3 is 2.67 bits per heavy atom. The monoisotopic (exact) mass is 280 g/mol. The molecule has 1 N–H and O–H groups in total. The van der Waals surface area contributed by atoms with Gasteiger partial charge in [-0.3, -0.25) is 4.98 Å². The van der Waals surface area contributed by atoms with E-state index in [1.807, 2.05) is 54.8 Å². The predicted molar refractivity (Wildman–Crippen MR) is 82.5 cm³/mol. The van der Waals surface area contributed by atoms with E-state index >= 15 is 0 Å². The van der Waals surface area contributed by atoms with Gasteiger partial charge >= 0.3 is 5.97 Å². The number of carboxylic acids is 1. The van der Waals surface area contributed by atoms with Crippen LogP contribution < -0.4 is 0 Å². The Balaban J connectivity index is 2.31. The lowest BCUT2D eigenvalue weighted by Gasteiger charge is -2.16. The van der Waals surface area contributed by atoms with Gasteiger partial charge in [-0.25, -0.2) is 4.79 Å². The second-order valence-electron chi connectivity index (χ2n) is 5.25. The summed E-state index contributed by atoms with van der Waals surface area (Å²) in [5, 5.41) is 10.4. The quantitative estimate of drug-likeness (QED) is 0.789. The molecule has 0 saturated carbocycles. The van der Waals surface area contributed by atoms with E-state index in [0.29, 0.717) is 5.69 Å². The van der Waals surface area contributed by atoms with Crippen molar-refractivity contribution in [1.29, 1.82) is 0 Å². The molecule has 0 saturated heterocycles. The number of carbonyl (C=O) groups is 1. The number of benzene rings is 1. The van der Waals surface area contributed by atoms with Gasteiger partial charge in [0.15, 0.2) is 0 Å². The second-order valence-corrected chi connectivity index (χ2v) is 5.25. The molecule has 4 nitrogen and oxygen atoms in total. The summed E-state index contributed by atoms with van der Waals surface area (Å²) in [6.07, 6.45) is 1.76. The molecule has 0 spiro atoms. The van der Waals surface area contributed by atoms with Gasteiger partial charge in [-0.15, -0.1) is 0 Å². The van der Waals surface area contributed by atoms with Gasteiger partial charge in [0.1, 0.15) is 5.69 Å². The maximum absolute atomic E-state index is 11.4. The third-order valence-electron chi connectivity index (χ3n) is 3.58. The topological polar surface area (TPSA) is 55.1 Å². The van der Waals surface area contributed by atoms with E-state index in [4.69, 9.17) is 0 Å². The van der Waals surface area contributed by atoms with Crippen molar-refractivity contribution in [3.8, 4) is 11.3 Å². The standard InChI is InChI=1S/C17H16N2O2/c1-11(2)19-15(8-9-16(19)17(20)21)13-5-3-7-14-12(13)6-4-10-18-14/h3-11H,1-2H3,(H,20,21). The first-order valence-corrected chi connectivity index (χ1v) is 6.88. The zero-order valence-corrected chi connectivity index (χ0v) is 11.9. The van der Waals surface area contributed by atoms with Crippen LogP contribution in [0.1, 0.15) is 30.4 Å². The van der Waals surface area contributed by atoms with E-state index in [-0.39, 0.29) is 6.04 Å². The number of pyridine rings is 1. The van der Waals surface area contributed by atoms with E-state index in [1.165, 1.54) is 0 Å². The fourth-order valence-electron chi connectivity index (χ4n) is 2.73. The minimum atomic E-state index is -0.909. The lowest BCUT2D eigenvalue weighted by molar-refractivity contribution is 0.0683. The molecule has 0 aliphatic rings. The van der Waals surface area contributed by atoms with Crippen LogP contribution >= 0.6 is 0 Å². The van der Waals surface area contributed by atoms with Crippen molar-refractivity contribution in [3.05, 3.63) is 54.4 Å². The van der Waals surface area contributed by atoms with Gasteiger partial charge < -0.3 is 9.67 Å². The second kappa shape index (κ2) is 5.05. The van der Waals surface area contributed by atoms with E-state index in [9.17, 15) is 9.90 Å². The van der Waals surface area contributed by atoms with Crippen molar-refractivity contribution in [3.63, 3.8) is 0 Å². The van der Waals surface area contributed by atoms with Crippen molar-refractivity contribution < 1.29 is 9.90 Å². The summed E-state index contributed by atoms with van der Waals surface area (Å²) in [6.45, 7) is 3.97. The average Bonchev–Trinajstić information content (AvgIpc) is 2.91. The zero-order chi connectivity index (χ0) is 15.0. The third-order valence-corrected chi connectivity index (χ3v) is 3.58. The highest BCUT2D eigenvalue weighted by Crippen LogP contribution is 2.31. The summed E-state index contributed by atoms with van der Waals surface area (Å²) in [5.74, 6) is -0.909. The normalized spacial score (nSPS) is 11.2. The SMILES string of the molecule is CC(C)n1c(C(=O)O)ccc1-c1cccc2ncccc12. The minimum absolute atomic E-state index is 0.0630. The number of rotatable bonds is 3. The molecule has 3 rings (SSSR count). The Kier molecular flexibility index (Phi) is 3.22. The fraction of sp³-hybridized carbons (Fsp3) is 0.176. The van der Waals surface area contributed by atoms with Gasteiger partial charge in [0, 0.05) is 28.9 Å². The highest BCUT2D eigenvalue weighted by atomic mass is 16.4. The van der Waals surface area contributed by atoms with Crippen LogP contribution in [0.2, 0.25) is 0 Å². The van der Waals surface area contributed by atoms with Gasteiger partial charge in [-0.05, 0) is 38.1 Å². The summed E-state index contributed by atoms with van der Waals surface area (Å²) in [7, 11) is 0. The van der Waals surface area contributed by atoms with Crippen molar-refractivity contribution in [2.45, 2.75) is 19.9 Å². The summed E-state index contributed by atoms with van der Waals surface area (Å²) in [6, 6.07) is 13.4. The van der Waals surface area contributed by atoms with Gasteiger partial charge in [0.25, 0.3) is 0 Å². The number of fused-ring (bicyclic) bond motifs is 1. The van der Waals surface area contributed by atoms with Crippen LogP contribution in [0.15, 0.2) is 48.7 Å². The smallest absolute Gasteiger partial charge is 0.352 e. The van der Waals surface area contributed by atoms with Gasteiger partial charge in [-0.1, -0.05) is 18.2 Å². The number of aromatic nitrogens is 2. The number of aromatic carboxylic acids is 1. The molecule has 3 aromatic rings. The lowest BCUT2D eigenvalue weighted by atomic mass is 10.1. The average molecular weight is 280 g/mol. The van der Waals surface area contributed by atoms with E-state index in [1.54, 1.807) is 12.3 Å². The number of hydrogen-bond donors (Lipinski definition) is 1. The Hall–Kier alpha value is -2.62. The Labute approximate surface area is 122 Å². The highest BCUT2D eigenvalue weighted by Gasteiger charge is 2.18. The first kappa shape index (κ1) is 13.4. The van der Waals surface area contributed by atoms with Crippen molar-refractivity contribution in [2.75, 3.05) is 0 Å². The minimum Gasteiger partial charge on any atom is -0.477 e. The van der Waals surface area contributed by atoms with E-state index in [2.05, 4.69) is 4.98 Å². The molecule has 0 fully saturated rings. The predicted octanol–water partition coefficient (Wildman–Crippen LogP) is 3.98. The molecule has 0 unspecified atom stereocenters. The van der Waals surface area contributed by atoms with E-state index < -0.39 is 5.97 Å². The molecule has 2 aromatic heterocycles. The molecule has 0 aliphatic heterocycles. The lowest BCUT2D eigenvalue weighted by Crippen LogP contribution is -2.11. The van der Waals surface area contributed by atoms with Crippen molar-refractivity contribution in [1.82, 2.24) is 9.55 Å². The highest BCUT2D eigenvalue weighted by molar-refractivity contribution is 5.95. The number of nitrogens with zero attached hydrogens (tertiary/aromatic N) is 2. The summed E-state index contributed by atoms with van der Waals surface area (Å²) < 4.78 is 1.85. The molecular formula is C17H16N2O2. The van der Waals surface area contributed by atoms with Crippen LogP contribution in [0.25, 0.3) is 22.2 Å². The molecule has 1 aromatic carbocycles. The largest absolute Gasteiger partial charge is 0.477 e. The first-order valence-electron chi connectivity index (χ1n) is 6.88. The molecule has 21 heavy (non-hydrogen) atoms. The van der Waals surface area contributed by atoms with Crippen LogP contribution in [-0.4, -0.2) is 20.6 Å². The van der Waals surface area contributed by atoms with Crippen LogP contribution in [-0.2, 0) is 0 Å². The Bertz CT molecular complexity index is 813. The Morgan fingerprint density at radius 1 is 1.14 bits per heavy atom. The van der Waals surface area contributed by atoms with Crippen LogP contribution in [0.3, 0.4) is 0 Å². The summed E-state index contributed by atoms with van der Waals surface area (Å²) in [5.41, 5.74) is 3.12. The summed E-state index contributed by atoms with van der Waals surface area (Å²) in [4.78, 5) is 15.8. The maximum atomic E-state index is 11.4. The van der Waals surface area contributed by atoms with Crippen LogP contribution in [0.4, 0.5) is 0 Å². The first-order chi connectivity index (χ1) is 10.1. The molecule has 0 radical (unpaired) electrons. The fourth-order valence-corrected chi connectivity index (χ4v) is 2.73. The van der Waals surface area contributed by atoms with Gasteiger partial charge in [0.2, 0.25) is 0 Å². The Morgan fingerprint density at radius 2 is 1.95 bits per heavy atom. The molecule has 2 heterocycles. The molecule has 0 aliphatic carbocycles.